The molecule has 1 spiro atoms. The van der Waals surface area contributed by atoms with Crippen molar-refractivity contribution in [1.82, 2.24) is 5.32 Å². The maximum absolute atomic E-state index is 15.7. The number of amides is 2. The molecule has 2 saturated heterocycles. The summed E-state index contributed by atoms with van der Waals surface area (Å²) < 4.78 is 27.0. The van der Waals surface area contributed by atoms with E-state index >= 15 is 4.11 Å². The Bertz CT molecular complexity index is 1050. The van der Waals surface area contributed by atoms with Gasteiger partial charge in [0.05, 0.1) is 25.4 Å². The smallest absolute Gasteiger partial charge is 0.305 e. The van der Waals surface area contributed by atoms with Crippen LogP contribution in [0.2, 0.25) is 18.6 Å². The van der Waals surface area contributed by atoms with Crippen LogP contribution in [0.3, 0.4) is 0 Å². The van der Waals surface area contributed by atoms with Gasteiger partial charge in [0, 0.05) is 55.4 Å². The highest BCUT2D eigenvalue weighted by atomic mass is 28.4. The predicted molar refractivity (Wildman–Crippen MR) is 140 cm³/mol. The number of benzene rings is 1. The average Bonchev–Trinajstić information content (AvgIpc) is 3.28. The molecule has 0 radical (unpaired) electrons. The van der Waals surface area contributed by atoms with E-state index in [0.717, 1.165) is 0 Å². The largest absolute Gasteiger partial charge is 0.469 e. The number of ether oxygens (including phenoxy) is 2. The van der Waals surface area contributed by atoms with Crippen molar-refractivity contribution < 1.29 is 33.1 Å². The summed E-state index contributed by atoms with van der Waals surface area (Å²) >= 11 is 0. The van der Waals surface area contributed by atoms with Crippen molar-refractivity contribution in [2.45, 2.75) is 62.9 Å². The van der Waals surface area contributed by atoms with E-state index in [1.54, 1.807) is 22.9 Å². The Kier molecular flexibility index (Phi) is 8.08. The van der Waals surface area contributed by atoms with E-state index in [2.05, 4.69) is 5.32 Å². The number of hydrogen-bond acceptors (Lipinski definition) is 7. The Morgan fingerprint density at radius 3 is 2.73 bits per heavy atom. The number of halogens is 1. The van der Waals surface area contributed by atoms with Gasteiger partial charge in [-0.25, -0.2) is 0 Å². The number of nitrogens with zero attached hydrogens (tertiary/aromatic N) is 2. The van der Waals surface area contributed by atoms with Gasteiger partial charge in [0.2, 0.25) is 14.3 Å². The van der Waals surface area contributed by atoms with Gasteiger partial charge in [-0.3, -0.25) is 14.4 Å². The number of methoxy groups -OCH3 is 1. The molecule has 37 heavy (non-hydrogen) atoms. The van der Waals surface area contributed by atoms with Crippen LogP contribution in [0.1, 0.15) is 38.2 Å². The Hall–Kier alpha value is -2.34. The highest BCUT2D eigenvalue weighted by Gasteiger charge is 2.66. The monoisotopic (exact) mass is 535 g/mol. The van der Waals surface area contributed by atoms with Gasteiger partial charge in [-0.2, -0.15) is 0 Å². The first-order valence-corrected chi connectivity index (χ1v) is 16.0. The fraction of sp³-hybridized carbons (Fsp3) is 0.654. The van der Waals surface area contributed by atoms with Gasteiger partial charge in [0.15, 0.2) is 5.60 Å². The van der Waals surface area contributed by atoms with Crippen LogP contribution >= 0.6 is 0 Å². The number of piperazine rings is 1. The zero-order valence-corrected chi connectivity index (χ0v) is 23.1. The standard InChI is InChI=1S/C26H38FN3O6Si/c1-17-24(37(3,4)27)21(10-14-31)36-26(17)19-15-18(29-13-11-28-16-22(29)32)8-9-20(19)30(25(26)34)12-6-5-7-23(33)35-2/h8-9,15,17,21,24,28,31H,5-7,10-14,16H2,1-4H3/t17-,21+,24-,26+/m1/s1. The molecule has 0 aromatic heterocycles. The second-order valence-corrected chi connectivity index (χ2v) is 14.5. The topological polar surface area (TPSA) is 108 Å². The molecule has 3 aliphatic rings. The molecule has 1 aromatic carbocycles. The molecule has 0 unspecified atom stereocenters. The van der Waals surface area contributed by atoms with Gasteiger partial charge in [-0.05, 0) is 50.6 Å². The number of hydrogen-bond donors (Lipinski definition) is 2. The van der Waals surface area contributed by atoms with Crippen molar-refractivity contribution in [2.75, 3.05) is 49.7 Å². The lowest BCUT2D eigenvalue weighted by Gasteiger charge is -2.32. The molecule has 2 amide bonds. The average molecular weight is 536 g/mol. The first-order valence-electron chi connectivity index (χ1n) is 13.1. The van der Waals surface area contributed by atoms with Crippen molar-refractivity contribution in [3.63, 3.8) is 0 Å². The summed E-state index contributed by atoms with van der Waals surface area (Å²) in [5.74, 6) is -1.07. The SMILES string of the molecule is COC(=O)CCCCN1C(=O)[C@@]2(O[C@@H](CCO)[C@H]([Si](C)(C)F)[C@H]2C)c2cc(N3CCNCC3=O)ccc21. The van der Waals surface area contributed by atoms with E-state index in [9.17, 15) is 19.5 Å². The van der Waals surface area contributed by atoms with Crippen molar-refractivity contribution >= 4 is 37.6 Å². The van der Waals surface area contributed by atoms with Crippen LogP contribution in [-0.4, -0.2) is 77.3 Å². The second-order valence-electron chi connectivity index (χ2n) is 10.7. The molecule has 4 rings (SSSR count). The van der Waals surface area contributed by atoms with Crippen molar-refractivity contribution in [3.05, 3.63) is 23.8 Å². The zero-order valence-electron chi connectivity index (χ0n) is 22.1. The van der Waals surface area contributed by atoms with Gasteiger partial charge in [-0.15, -0.1) is 0 Å². The van der Waals surface area contributed by atoms with Crippen LogP contribution in [0, 0.1) is 5.92 Å². The van der Waals surface area contributed by atoms with Crippen LogP contribution in [0.15, 0.2) is 18.2 Å². The lowest BCUT2D eigenvalue weighted by atomic mass is 9.82. The fourth-order valence-corrected chi connectivity index (χ4v) is 8.89. The summed E-state index contributed by atoms with van der Waals surface area (Å²) in [6, 6.07) is 5.54. The number of unbranched alkanes of at least 4 members (excludes halogenated alkanes) is 1. The molecule has 3 heterocycles. The van der Waals surface area contributed by atoms with Crippen molar-refractivity contribution in [1.29, 1.82) is 0 Å². The Balaban J connectivity index is 1.75. The third-order valence-electron chi connectivity index (χ3n) is 8.00. The summed E-state index contributed by atoms with van der Waals surface area (Å²) in [4.78, 5) is 41.8. The van der Waals surface area contributed by atoms with Gasteiger partial charge in [0.25, 0.3) is 5.91 Å². The van der Waals surface area contributed by atoms with Crippen LogP contribution in [0.4, 0.5) is 15.5 Å². The minimum Gasteiger partial charge on any atom is -0.469 e. The number of aliphatic hydroxyl groups excluding tert-OH is 1. The number of carbonyl (C=O) groups excluding carboxylic acids is 3. The normalized spacial score (nSPS) is 27.8. The summed E-state index contributed by atoms with van der Waals surface area (Å²) in [7, 11) is -1.94. The van der Waals surface area contributed by atoms with E-state index < -0.39 is 31.6 Å². The molecule has 0 bridgehead atoms. The summed E-state index contributed by atoms with van der Waals surface area (Å²) in [6.45, 7) is 6.74. The molecule has 9 nitrogen and oxygen atoms in total. The first-order chi connectivity index (χ1) is 17.6. The first kappa shape index (κ1) is 27.7. The van der Waals surface area contributed by atoms with Crippen LogP contribution in [0.25, 0.3) is 0 Å². The number of rotatable bonds is 9. The lowest BCUT2D eigenvalue weighted by molar-refractivity contribution is -0.146. The van der Waals surface area contributed by atoms with Crippen molar-refractivity contribution in [2.24, 2.45) is 5.92 Å². The predicted octanol–water partition coefficient (Wildman–Crippen LogP) is 2.47. The van der Waals surface area contributed by atoms with E-state index in [1.165, 1.54) is 7.11 Å². The molecule has 3 aliphatic heterocycles. The van der Waals surface area contributed by atoms with Gasteiger partial charge >= 0.3 is 5.97 Å². The number of aliphatic hydroxyl groups is 1. The molecule has 0 saturated carbocycles. The maximum atomic E-state index is 15.7. The fourth-order valence-electron chi connectivity index (χ4n) is 6.34. The highest BCUT2D eigenvalue weighted by Crippen LogP contribution is 2.60. The van der Waals surface area contributed by atoms with E-state index in [4.69, 9.17) is 9.47 Å². The van der Waals surface area contributed by atoms with Crippen molar-refractivity contribution in [3.8, 4) is 0 Å². The molecule has 0 aliphatic carbocycles. The zero-order chi connectivity index (χ0) is 27.0. The van der Waals surface area contributed by atoms with Gasteiger partial charge in [0.1, 0.15) is 0 Å². The molecular formula is C26H38FN3O6Si. The lowest BCUT2D eigenvalue weighted by Crippen LogP contribution is -2.48. The molecule has 1 aromatic rings. The summed E-state index contributed by atoms with van der Waals surface area (Å²) in [5, 5.41) is 12.8. The molecular weight excluding hydrogens is 497 g/mol. The third-order valence-corrected chi connectivity index (χ3v) is 10.5. The van der Waals surface area contributed by atoms with Crippen LogP contribution in [0.5, 0.6) is 0 Å². The Morgan fingerprint density at radius 1 is 1.32 bits per heavy atom. The van der Waals surface area contributed by atoms with Gasteiger partial charge < -0.3 is 33.8 Å². The third kappa shape index (κ3) is 4.94. The number of esters is 1. The highest BCUT2D eigenvalue weighted by molar-refractivity contribution is 6.72. The number of anilines is 2. The molecule has 2 N–H and O–H groups in total. The Morgan fingerprint density at radius 2 is 2.08 bits per heavy atom. The van der Waals surface area contributed by atoms with Crippen LogP contribution in [-0.2, 0) is 29.5 Å². The maximum Gasteiger partial charge on any atom is 0.305 e. The molecule has 204 valence electrons. The van der Waals surface area contributed by atoms with E-state index in [0.29, 0.717) is 49.4 Å². The minimum absolute atomic E-state index is 0.0574. The molecule has 4 atom stereocenters. The second kappa shape index (κ2) is 10.8. The van der Waals surface area contributed by atoms with E-state index in [1.807, 2.05) is 25.1 Å². The number of fused-ring (bicyclic) bond motifs is 2. The van der Waals surface area contributed by atoms with Gasteiger partial charge in [-0.1, -0.05) is 6.92 Å². The number of carbonyl (C=O) groups is 3. The van der Waals surface area contributed by atoms with Crippen LogP contribution < -0.4 is 15.1 Å². The molecule has 11 heteroatoms. The number of nitrogens with one attached hydrogen (secondary N) is 1. The quantitative estimate of drug-likeness (QED) is 0.216. The molecule has 2 fully saturated rings. The van der Waals surface area contributed by atoms with E-state index in [-0.39, 0.29) is 43.8 Å². The summed E-state index contributed by atoms with van der Waals surface area (Å²) in [6.07, 6.45) is 1.05. The minimum atomic E-state index is -3.29. The summed E-state index contributed by atoms with van der Waals surface area (Å²) in [5.41, 5.74) is 0.124. The Labute approximate surface area is 218 Å².